The van der Waals surface area contributed by atoms with Gasteiger partial charge in [-0.25, -0.2) is 0 Å². The molecule has 24 heavy (non-hydrogen) atoms. The lowest BCUT2D eigenvalue weighted by Crippen LogP contribution is -2.50. The molecule has 1 atom stereocenters. The maximum atomic E-state index is 6.08. The molecule has 1 saturated heterocycles. The number of nitrogens with zero attached hydrogens (tertiary/aromatic N) is 2. The molecule has 4 heteroatoms. The summed E-state index contributed by atoms with van der Waals surface area (Å²) < 4.78 is 11.9. The molecule has 1 unspecified atom stereocenters. The Morgan fingerprint density at radius 2 is 1.62 bits per heavy atom. The van der Waals surface area contributed by atoms with Gasteiger partial charge in [0.25, 0.3) is 0 Å². The standard InChI is InChI=1S/C20H24N2O2/c1-16-6-2-3-7-18(16)22-12-10-21(11-13-22)14-17-15-23-19-8-4-5-9-20(19)24-17/h2-9,17H,10-15H2,1H3. The predicted molar refractivity (Wildman–Crippen MR) is 96.2 cm³/mol. The summed E-state index contributed by atoms with van der Waals surface area (Å²) in [5, 5.41) is 0. The highest BCUT2D eigenvalue weighted by Gasteiger charge is 2.25. The largest absolute Gasteiger partial charge is 0.486 e. The highest BCUT2D eigenvalue weighted by molar-refractivity contribution is 5.53. The third kappa shape index (κ3) is 3.20. The average molecular weight is 324 g/mol. The van der Waals surface area contributed by atoms with Crippen molar-refractivity contribution in [1.29, 1.82) is 0 Å². The van der Waals surface area contributed by atoms with Crippen LogP contribution in [0.15, 0.2) is 48.5 Å². The van der Waals surface area contributed by atoms with Crippen LogP contribution in [0.5, 0.6) is 11.5 Å². The topological polar surface area (TPSA) is 24.9 Å². The van der Waals surface area contributed by atoms with Crippen molar-refractivity contribution in [3.05, 3.63) is 54.1 Å². The van der Waals surface area contributed by atoms with Gasteiger partial charge in [-0.05, 0) is 30.7 Å². The van der Waals surface area contributed by atoms with Gasteiger partial charge in [-0.15, -0.1) is 0 Å². The maximum absolute atomic E-state index is 6.08. The first kappa shape index (κ1) is 15.3. The lowest BCUT2D eigenvalue weighted by Gasteiger charge is -2.38. The molecule has 0 saturated carbocycles. The van der Waals surface area contributed by atoms with E-state index in [-0.39, 0.29) is 6.10 Å². The van der Waals surface area contributed by atoms with Gasteiger partial charge in [0.05, 0.1) is 0 Å². The van der Waals surface area contributed by atoms with Crippen LogP contribution in [-0.2, 0) is 0 Å². The van der Waals surface area contributed by atoms with E-state index in [9.17, 15) is 0 Å². The highest BCUT2D eigenvalue weighted by Crippen LogP contribution is 2.31. The predicted octanol–water partition coefficient (Wildman–Crippen LogP) is 2.96. The Hall–Kier alpha value is -2.20. The van der Waals surface area contributed by atoms with Gasteiger partial charge >= 0.3 is 0 Å². The van der Waals surface area contributed by atoms with Crippen molar-refractivity contribution in [2.75, 3.05) is 44.2 Å². The van der Waals surface area contributed by atoms with Crippen LogP contribution < -0.4 is 14.4 Å². The molecule has 126 valence electrons. The molecule has 0 amide bonds. The summed E-state index contributed by atoms with van der Waals surface area (Å²) in [5.41, 5.74) is 2.72. The van der Waals surface area contributed by atoms with Gasteiger partial charge in [0.2, 0.25) is 0 Å². The summed E-state index contributed by atoms with van der Waals surface area (Å²) in [6.07, 6.45) is 0.116. The van der Waals surface area contributed by atoms with Crippen LogP contribution in [-0.4, -0.2) is 50.3 Å². The minimum atomic E-state index is 0.116. The SMILES string of the molecule is Cc1ccccc1N1CCN(CC2COc3ccccc3O2)CC1. The fourth-order valence-electron chi connectivity index (χ4n) is 3.53. The number of para-hydroxylation sites is 3. The van der Waals surface area contributed by atoms with E-state index < -0.39 is 0 Å². The molecule has 0 bridgehead atoms. The first-order valence-corrected chi connectivity index (χ1v) is 8.71. The second kappa shape index (κ2) is 6.73. The lowest BCUT2D eigenvalue weighted by atomic mass is 10.1. The zero-order chi connectivity index (χ0) is 16.4. The smallest absolute Gasteiger partial charge is 0.161 e. The van der Waals surface area contributed by atoms with Gasteiger partial charge in [-0.1, -0.05) is 30.3 Å². The molecule has 0 radical (unpaired) electrons. The van der Waals surface area contributed by atoms with Crippen molar-refractivity contribution in [1.82, 2.24) is 4.90 Å². The molecule has 0 N–H and O–H groups in total. The summed E-state index contributed by atoms with van der Waals surface area (Å²) >= 11 is 0. The van der Waals surface area contributed by atoms with E-state index in [1.165, 1.54) is 11.3 Å². The summed E-state index contributed by atoms with van der Waals surface area (Å²) in [7, 11) is 0. The van der Waals surface area contributed by atoms with E-state index in [4.69, 9.17) is 9.47 Å². The van der Waals surface area contributed by atoms with E-state index in [1.54, 1.807) is 0 Å². The second-order valence-corrected chi connectivity index (χ2v) is 6.57. The zero-order valence-electron chi connectivity index (χ0n) is 14.1. The number of ether oxygens (including phenoxy) is 2. The first-order chi connectivity index (χ1) is 11.8. The van der Waals surface area contributed by atoms with Crippen molar-refractivity contribution in [2.24, 2.45) is 0 Å². The molecule has 4 nitrogen and oxygen atoms in total. The Morgan fingerprint density at radius 1 is 0.917 bits per heavy atom. The monoisotopic (exact) mass is 324 g/mol. The van der Waals surface area contributed by atoms with Crippen LogP contribution in [0.2, 0.25) is 0 Å². The first-order valence-electron chi connectivity index (χ1n) is 8.71. The van der Waals surface area contributed by atoms with Crippen LogP contribution in [0.3, 0.4) is 0 Å². The van der Waals surface area contributed by atoms with Gasteiger partial charge in [0, 0.05) is 38.4 Å². The van der Waals surface area contributed by atoms with Gasteiger partial charge in [-0.3, -0.25) is 4.90 Å². The molecule has 0 aromatic heterocycles. The van der Waals surface area contributed by atoms with Crippen molar-refractivity contribution >= 4 is 5.69 Å². The van der Waals surface area contributed by atoms with Crippen LogP contribution in [0.1, 0.15) is 5.56 Å². The minimum absolute atomic E-state index is 0.116. The molecule has 4 rings (SSSR count). The van der Waals surface area contributed by atoms with Crippen LogP contribution in [0.4, 0.5) is 5.69 Å². The van der Waals surface area contributed by atoms with E-state index >= 15 is 0 Å². The van der Waals surface area contributed by atoms with Crippen LogP contribution in [0.25, 0.3) is 0 Å². The maximum Gasteiger partial charge on any atom is 0.161 e. The third-order valence-electron chi connectivity index (χ3n) is 4.86. The molecule has 2 aromatic rings. The molecule has 2 heterocycles. The van der Waals surface area contributed by atoms with Crippen LogP contribution >= 0.6 is 0 Å². The van der Waals surface area contributed by atoms with E-state index in [2.05, 4.69) is 41.0 Å². The molecule has 0 spiro atoms. The van der Waals surface area contributed by atoms with Crippen LogP contribution in [0, 0.1) is 6.92 Å². The van der Waals surface area contributed by atoms with Gasteiger partial charge < -0.3 is 14.4 Å². The van der Waals surface area contributed by atoms with E-state index in [0.29, 0.717) is 6.61 Å². The number of benzene rings is 2. The number of hydrogen-bond acceptors (Lipinski definition) is 4. The second-order valence-electron chi connectivity index (χ2n) is 6.57. The van der Waals surface area contributed by atoms with Crippen molar-refractivity contribution < 1.29 is 9.47 Å². The summed E-state index contributed by atoms with van der Waals surface area (Å²) in [6.45, 7) is 8.01. The molecular weight excluding hydrogens is 300 g/mol. The summed E-state index contributed by atoms with van der Waals surface area (Å²) in [4.78, 5) is 4.97. The van der Waals surface area contributed by atoms with Crippen molar-refractivity contribution in [3.63, 3.8) is 0 Å². The zero-order valence-corrected chi connectivity index (χ0v) is 14.1. The van der Waals surface area contributed by atoms with E-state index in [1.807, 2.05) is 24.3 Å². The molecule has 2 aliphatic rings. The molecule has 2 aliphatic heterocycles. The number of rotatable bonds is 3. The van der Waals surface area contributed by atoms with Gasteiger partial charge in [0.15, 0.2) is 11.5 Å². The fraction of sp³-hybridized carbons (Fsp3) is 0.400. The number of fused-ring (bicyclic) bond motifs is 1. The Kier molecular flexibility index (Phi) is 4.30. The average Bonchev–Trinajstić information content (AvgIpc) is 2.63. The van der Waals surface area contributed by atoms with E-state index in [0.717, 1.165) is 44.2 Å². The number of piperazine rings is 1. The lowest BCUT2D eigenvalue weighted by molar-refractivity contribution is 0.0571. The highest BCUT2D eigenvalue weighted by atomic mass is 16.6. The fourth-order valence-corrected chi connectivity index (χ4v) is 3.53. The van der Waals surface area contributed by atoms with Gasteiger partial charge in [-0.2, -0.15) is 0 Å². The molecule has 1 fully saturated rings. The van der Waals surface area contributed by atoms with Gasteiger partial charge in [0.1, 0.15) is 12.7 Å². The Morgan fingerprint density at radius 3 is 2.42 bits per heavy atom. The molecule has 2 aromatic carbocycles. The molecule has 0 aliphatic carbocycles. The minimum Gasteiger partial charge on any atom is -0.486 e. The Labute approximate surface area is 143 Å². The van der Waals surface area contributed by atoms with Crippen molar-refractivity contribution in [3.8, 4) is 11.5 Å². The van der Waals surface area contributed by atoms with Crippen molar-refractivity contribution in [2.45, 2.75) is 13.0 Å². The third-order valence-corrected chi connectivity index (χ3v) is 4.86. The molecular formula is C20H24N2O2. The Bertz CT molecular complexity index is 696. The quantitative estimate of drug-likeness (QED) is 0.867. The number of aryl methyl sites for hydroxylation is 1. The number of anilines is 1. The summed E-state index contributed by atoms with van der Waals surface area (Å²) in [6, 6.07) is 16.6. The summed E-state index contributed by atoms with van der Waals surface area (Å²) in [5.74, 6) is 1.73. The number of hydrogen-bond donors (Lipinski definition) is 0. The normalized spacial score (nSPS) is 20.9. The Balaban J connectivity index is 1.32.